The molecular formula is C14H28ClGeLi2N. The van der Waals surface area contributed by atoms with E-state index in [9.17, 15) is 0 Å². The van der Waals surface area contributed by atoms with Crippen molar-refractivity contribution in [3.8, 4) is 0 Å². The van der Waals surface area contributed by atoms with Gasteiger partial charge in [0.25, 0.3) is 0 Å². The molecule has 0 aromatic heterocycles. The van der Waals surface area contributed by atoms with Crippen molar-refractivity contribution in [3.63, 3.8) is 0 Å². The van der Waals surface area contributed by atoms with Crippen LogP contribution in [0, 0.1) is 12.5 Å². The van der Waals surface area contributed by atoms with Crippen molar-refractivity contribution in [1.82, 2.24) is 0 Å². The Balaban J connectivity index is -0.00000128. The van der Waals surface area contributed by atoms with Crippen LogP contribution in [0.2, 0.25) is 15.8 Å². The molecule has 1 unspecified atom stereocenters. The van der Waals surface area contributed by atoms with Crippen molar-refractivity contribution < 1.29 is 37.7 Å². The summed E-state index contributed by atoms with van der Waals surface area (Å²) in [5, 5.41) is 8.20. The van der Waals surface area contributed by atoms with Crippen LogP contribution in [0.25, 0.3) is 5.32 Å². The van der Waals surface area contributed by atoms with Gasteiger partial charge in [-0.3, -0.25) is 0 Å². The first-order chi connectivity index (χ1) is 8.11. The van der Waals surface area contributed by atoms with Gasteiger partial charge in [0, 0.05) is 0 Å². The zero-order chi connectivity index (χ0) is 13.1. The minimum Gasteiger partial charge on any atom is 1.00 e. The van der Waals surface area contributed by atoms with Crippen LogP contribution in [-0.2, 0) is 0 Å². The molecule has 0 bridgehead atoms. The maximum absolute atomic E-state index is 6.81. The predicted molar refractivity (Wildman–Crippen MR) is 82.4 cm³/mol. The molecule has 0 N–H and O–H groups in total. The first-order valence-electron chi connectivity index (χ1n) is 6.97. The Labute approximate surface area is 152 Å². The average Bonchev–Trinajstić information content (AvgIpc) is 2.35. The van der Waals surface area contributed by atoms with Crippen molar-refractivity contribution in [1.29, 1.82) is 0 Å². The quantitative estimate of drug-likeness (QED) is 0.272. The third-order valence-corrected chi connectivity index (χ3v) is 15.2. The molecule has 1 atom stereocenters. The zero-order valence-corrected chi connectivity index (χ0v) is 16.6. The van der Waals surface area contributed by atoms with Crippen molar-refractivity contribution in [2.24, 2.45) is 5.92 Å². The third kappa shape index (κ3) is 13.1. The minimum absolute atomic E-state index is 0. The summed E-state index contributed by atoms with van der Waals surface area (Å²) in [5.41, 5.74) is 0. The summed E-state index contributed by atoms with van der Waals surface area (Å²) < 4.78 is 0. The monoisotopic (exact) mass is 333 g/mol. The number of unbranched alkanes of at least 4 members (excludes halogenated alkanes) is 1. The molecule has 5 heteroatoms. The van der Waals surface area contributed by atoms with Crippen LogP contribution >= 0.6 is 10.0 Å². The molecule has 0 aromatic rings. The first-order valence-corrected chi connectivity index (χ1v) is 14.2. The second-order valence-electron chi connectivity index (χ2n) is 4.89. The van der Waals surface area contributed by atoms with Crippen LogP contribution in [0.3, 0.4) is 0 Å². The molecule has 0 aliphatic carbocycles. The van der Waals surface area contributed by atoms with E-state index >= 15 is 0 Å². The summed E-state index contributed by atoms with van der Waals surface area (Å²) in [5.74, 6) is 0.701. The molecule has 0 saturated heterocycles. The Hall–Kier alpha value is 1.73. The number of nitrogens with zero attached hydrogens (tertiary/aromatic N) is 1. The predicted octanol–water partition coefficient (Wildman–Crippen LogP) is -0.612. The van der Waals surface area contributed by atoms with Gasteiger partial charge in [-0.05, 0) is 0 Å². The standard InChI is InChI=1S/C14H28ClGeN.2Li/c1-5-9-10-14(13-17-11-6-2)12-16(15,7-3)8-4;;/h2,6,14H,5,7-13H2,1,3-4H3;;/q-2;2*+1. The summed E-state index contributed by atoms with van der Waals surface area (Å²) in [4.78, 5) is 0. The number of halogens is 1. The molecule has 0 aliphatic rings. The Morgan fingerprint density at radius 1 is 1.21 bits per heavy atom. The smallest absolute Gasteiger partial charge is 1.00 e. The molecule has 0 aromatic carbocycles. The van der Waals surface area contributed by atoms with Crippen molar-refractivity contribution >= 4 is 22.3 Å². The van der Waals surface area contributed by atoms with Gasteiger partial charge in [0.1, 0.15) is 0 Å². The molecule has 0 radical (unpaired) electrons. The van der Waals surface area contributed by atoms with Gasteiger partial charge in [0.2, 0.25) is 0 Å². The Morgan fingerprint density at radius 3 is 2.21 bits per heavy atom. The molecule has 19 heavy (non-hydrogen) atoms. The van der Waals surface area contributed by atoms with Crippen molar-refractivity contribution in [2.75, 3.05) is 13.1 Å². The summed E-state index contributed by atoms with van der Waals surface area (Å²) in [7, 11) is 6.81. The molecule has 1 nitrogen and oxygen atoms in total. The zero-order valence-electron chi connectivity index (χ0n) is 13.7. The molecule has 0 saturated carbocycles. The molecule has 0 amide bonds. The maximum atomic E-state index is 6.81. The van der Waals surface area contributed by atoms with Gasteiger partial charge in [-0.15, -0.1) is 0 Å². The second-order valence-corrected chi connectivity index (χ2v) is 17.7. The SMILES string of the molecule is [CH-]=CC[N-]CC(CCCC)[CH2][Ge]([Cl])([CH2]C)[CH2]C.[Li+].[Li+]. The molecule has 0 heterocycles. The van der Waals surface area contributed by atoms with Crippen molar-refractivity contribution in [2.45, 2.75) is 55.8 Å². The summed E-state index contributed by atoms with van der Waals surface area (Å²) in [6, 6.07) is 0. The third-order valence-electron chi connectivity index (χ3n) is 3.51. The van der Waals surface area contributed by atoms with Gasteiger partial charge in [0.15, 0.2) is 0 Å². The van der Waals surface area contributed by atoms with Gasteiger partial charge in [-0.25, -0.2) is 0 Å². The first kappa shape index (κ1) is 25.7. The van der Waals surface area contributed by atoms with Crippen LogP contribution in [-0.4, -0.2) is 25.4 Å². The van der Waals surface area contributed by atoms with Gasteiger partial charge < -0.3 is 0 Å². The van der Waals surface area contributed by atoms with E-state index in [0.717, 1.165) is 6.54 Å². The molecule has 0 aliphatic heterocycles. The Morgan fingerprint density at radius 2 is 1.79 bits per heavy atom. The van der Waals surface area contributed by atoms with E-state index in [2.05, 4.69) is 26.1 Å². The van der Waals surface area contributed by atoms with E-state index in [4.69, 9.17) is 16.6 Å². The summed E-state index contributed by atoms with van der Waals surface area (Å²) >= 11 is -2.02. The molecule has 102 valence electrons. The van der Waals surface area contributed by atoms with Crippen LogP contribution in [0.4, 0.5) is 0 Å². The summed E-state index contributed by atoms with van der Waals surface area (Å²) in [6.45, 7) is 13.8. The molecule has 0 fully saturated rings. The average molecular weight is 332 g/mol. The number of rotatable bonds is 11. The number of hydrogen-bond acceptors (Lipinski definition) is 0. The van der Waals surface area contributed by atoms with Crippen molar-refractivity contribution in [3.05, 3.63) is 18.0 Å². The van der Waals surface area contributed by atoms with Crippen LogP contribution < -0.4 is 37.7 Å². The molecule has 0 spiro atoms. The maximum Gasteiger partial charge on any atom is 1.00 e. The van der Waals surface area contributed by atoms with Gasteiger partial charge in [0.05, 0.1) is 0 Å². The fourth-order valence-corrected chi connectivity index (χ4v) is 8.40. The Kier molecular flexibility index (Phi) is 21.8. The van der Waals surface area contributed by atoms with Gasteiger partial charge in [-0.2, -0.15) is 0 Å². The Bertz CT molecular complexity index is 202. The fraction of sp³-hybridized carbons (Fsp3) is 0.857. The van der Waals surface area contributed by atoms with Crippen LogP contribution in [0.1, 0.15) is 40.0 Å². The van der Waals surface area contributed by atoms with E-state index in [0.29, 0.717) is 12.5 Å². The van der Waals surface area contributed by atoms with E-state index in [1.54, 1.807) is 6.08 Å². The van der Waals surface area contributed by atoms with E-state index < -0.39 is 12.3 Å². The van der Waals surface area contributed by atoms with Crippen LogP contribution in [0.15, 0.2) is 6.08 Å². The normalized spacial score (nSPS) is 12.2. The fourth-order valence-electron chi connectivity index (χ4n) is 2.14. The summed E-state index contributed by atoms with van der Waals surface area (Å²) in [6.07, 6.45) is 5.48. The minimum atomic E-state index is -2.02. The largest absolute Gasteiger partial charge is 1.00 e. The van der Waals surface area contributed by atoms with Crippen LogP contribution in [0.5, 0.6) is 0 Å². The topological polar surface area (TPSA) is 14.1 Å². The number of hydrogen-bond donors (Lipinski definition) is 0. The van der Waals surface area contributed by atoms with E-state index in [1.807, 2.05) is 0 Å². The molecule has 0 rings (SSSR count). The van der Waals surface area contributed by atoms with Gasteiger partial charge >= 0.3 is 153 Å². The van der Waals surface area contributed by atoms with E-state index in [-0.39, 0.29) is 37.7 Å². The van der Waals surface area contributed by atoms with E-state index in [1.165, 1.54) is 35.0 Å². The second kappa shape index (κ2) is 16.1. The molecular weight excluding hydrogens is 304 g/mol. The van der Waals surface area contributed by atoms with Gasteiger partial charge in [-0.1, -0.05) is 0 Å².